The second kappa shape index (κ2) is 8.76. The SMILES string of the molecule is CCCNC(=O)CC(SCC(N)C(=O)O)C(=O)O. The summed E-state index contributed by atoms with van der Waals surface area (Å²) in [5.41, 5.74) is 5.26. The molecule has 0 rings (SSSR count). The fraction of sp³-hybridized carbons (Fsp3) is 0.700. The van der Waals surface area contributed by atoms with Gasteiger partial charge >= 0.3 is 11.9 Å². The highest BCUT2D eigenvalue weighted by Gasteiger charge is 2.24. The molecule has 0 saturated carbocycles. The Morgan fingerprint density at radius 3 is 2.33 bits per heavy atom. The molecule has 0 aliphatic carbocycles. The van der Waals surface area contributed by atoms with Crippen LogP contribution in [0.5, 0.6) is 0 Å². The molecule has 0 bridgehead atoms. The number of nitrogens with two attached hydrogens (primary N) is 1. The molecule has 7 nitrogen and oxygen atoms in total. The molecule has 18 heavy (non-hydrogen) atoms. The number of carbonyl (C=O) groups is 3. The quantitative estimate of drug-likeness (QED) is 0.447. The fourth-order valence-electron chi connectivity index (χ4n) is 1.01. The molecule has 0 spiro atoms. The number of hydrogen-bond acceptors (Lipinski definition) is 5. The van der Waals surface area contributed by atoms with Crippen LogP contribution >= 0.6 is 11.8 Å². The van der Waals surface area contributed by atoms with Gasteiger partial charge in [0, 0.05) is 18.7 Å². The van der Waals surface area contributed by atoms with E-state index in [0.29, 0.717) is 6.54 Å². The van der Waals surface area contributed by atoms with Crippen molar-refractivity contribution in [3.05, 3.63) is 0 Å². The highest BCUT2D eigenvalue weighted by Crippen LogP contribution is 2.16. The number of aliphatic carboxylic acids is 2. The Balaban J connectivity index is 4.19. The van der Waals surface area contributed by atoms with Crippen molar-refractivity contribution in [2.45, 2.75) is 31.1 Å². The number of carbonyl (C=O) groups excluding carboxylic acids is 1. The zero-order chi connectivity index (χ0) is 14.1. The van der Waals surface area contributed by atoms with Gasteiger partial charge in [0.1, 0.15) is 11.3 Å². The van der Waals surface area contributed by atoms with Crippen molar-refractivity contribution >= 4 is 29.6 Å². The molecule has 0 radical (unpaired) electrons. The standard InChI is InChI=1S/C10H18N2O5S/c1-2-3-12-8(13)4-7(10(16)17)18-5-6(11)9(14)15/h6-7H,2-5,11H2,1H3,(H,12,13)(H,14,15)(H,16,17). The second-order valence-electron chi connectivity index (χ2n) is 3.66. The molecule has 0 aromatic heterocycles. The monoisotopic (exact) mass is 278 g/mol. The van der Waals surface area contributed by atoms with Gasteiger partial charge in [0.05, 0.1) is 0 Å². The third-order valence-electron chi connectivity index (χ3n) is 2.01. The van der Waals surface area contributed by atoms with Gasteiger partial charge in [-0.1, -0.05) is 6.92 Å². The summed E-state index contributed by atoms with van der Waals surface area (Å²) in [6.07, 6.45) is 0.576. The lowest BCUT2D eigenvalue weighted by molar-refractivity contribution is -0.139. The molecule has 0 saturated heterocycles. The first-order valence-electron chi connectivity index (χ1n) is 5.48. The van der Waals surface area contributed by atoms with Crippen molar-refractivity contribution in [1.82, 2.24) is 5.32 Å². The van der Waals surface area contributed by atoms with Crippen molar-refractivity contribution in [2.24, 2.45) is 5.73 Å². The number of thioether (sulfide) groups is 1. The van der Waals surface area contributed by atoms with Crippen LogP contribution in [0.2, 0.25) is 0 Å². The molecule has 2 unspecified atom stereocenters. The Kier molecular flexibility index (Phi) is 8.14. The van der Waals surface area contributed by atoms with E-state index < -0.39 is 23.2 Å². The van der Waals surface area contributed by atoms with E-state index in [-0.39, 0.29) is 18.1 Å². The van der Waals surface area contributed by atoms with Crippen LogP contribution in [0.1, 0.15) is 19.8 Å². The first-order valence-corrected chi connectivity index (χ1v) is 6.52. The molecule has 0 fully saturated rings. The predicted octanol–water partition coefficient (Wildman–Crippen LogP) is -0.499. The smallest absolute Gasteiger partial charge is 0.321 e. The molecule has 0 aliphatic heterocycles. The van der Waals surface area contributed by atoms with E-state index in [1.54, 1.807) is 0 Å². The minimum absolute atomic E-state index is 0.0483. The maximum Gasteiger partial charge on any atom is 0.321 e. The molecule has 0 aromatic carbocycles. The number of amides is 1. The maximum atomic E-state index is 11.4. The van der Waals surface area contributed by atoms with Gasteiger partial charge in [-0.3, -0.25) is 14.4 Å². The summed E-state index contributed by atoms with van der Waals surface area (Å²) in [6, 6.07) is -1.13. The summed E-state index contributed by atoms with van der Waals surface area (Å²) in [5, 5.41) is 19.1. The molecule has 104 valence electrons. The van der Waals surface area contributed by atoms with Gasteiger partial charge in [-0.05, 0) is 6.42 Å². The van der Waals surface area contributed by atoms with Crippen molar-refractivity contribution < 1.29 is 24.6 Å². The summed E-state index contributed by atoms with van der Waals surface area (Å²) < 4.78 is 0. The molecule has 1 amide bonds. The summed E-state index contributed by atoms with van der Waals surface area (Å²) >= 11 is 0.862. The molecular weight excluding hydrogens is 260 g/mol. The Morgan fingerprint density at radius 1 is 1.28 bits per heavy atom. The van der Waals surface area contributed by atoms with Gasteiger partial charge in [-0.15, -0.1) is 11.8 Å². The Morgan fingerprint density at radius 2 is 1.89 bits per heavy atom. The minimum Gasteiger partial charge on any atom is -0.480 e. The van der Waals surface area contributed by atoms with Gasteiger partial charge in [0.25, 0.3) is 0 Å². The number of nitrogens with one attached hydrogen (secondary N) is 1. The van der Waals surface area contributed by atoms with Gasteiger partial charge in [-0.2, -0.15) is 0 Å². The molecule has 0 heterocycles. The van der Waals surface area contributed by atoms with E-state index in [4.69, 9.17) is 15.9 Å². The second-order valence-corrected chi connectivity index (χ2v) is 4.89. The molecule has 0 aliphatic rings. The van der Waals surface area contributed by atoms with Crippen molar-refractivity contribution in [1.29, 1.82) is 0 Å². The number of hydrogen-bond donors (Lipinski definition) is 4. The lowest BCUT2D eigenvalue weighted by Gasteiger charge is -2.13. The van der Waals surface area contributed by atoms with E-state index in [2.05, 4.69) is 5.32 Å². The lowest BCUT2D eigenvalue weighted by Crippen LogP contribution is -2.35. The maximum absolute atomic E-state index is 11.4. The topological polar surface area (TPSA) is 130 Å². The summed E-state index contributed by atoms with van der Waals surface area (Å²) in [4.78, 5) is 32.7. The molecule has 2 atom stereocenters. The third kappa shape index (κ3) is 7.13. The van der Waals surface area contributed by atoms with E-state index in [1.807, 2.05) is 6.92 Å². The summed E-state index contributed by atoms with van der Waals surface area (Å²) in [7, 11) is 0. The summed E-state index contributed by atoms with van der Waals surface area (Å²) in [6.45, 7) is 2.38. The highest BCUT2D eigenvalue weighted by atomic mass is 32.2. The van der Waals surface area contributed by atoms with Crippen LogP contribution in [0.25, 0.3) is 0 Å². The first kappa shape index (κ1) is 16.7. The van der Waals surface area contributed by atoms with Gasteiger partial charge in [-0.25, -0.2) is 0 Å². The largest absolute Gasteiger partial charge is 0.480 e. The molecule has 5 N–H and O–H groups in total. The van der Waals surface area contributed by atoms with E-state index in [0.717, 1.165) is 18.2 Å². The van der Waals surface area contributed by atoms with Crippen LogP contribution in [0.15, 0.2) is 0 Å². The van der Waals surface area contributed by atoms with Crippen LogP contribution < -0.4 is 11.1 Å². The highest BCUT2D eigenvalue weighted by molar-refractivity contribution is 8.00. The molecular formula is C10H18N2O5S. The van der Waals surface area contributed by atoms with Crippen LogP contribution in [0, 0.1) is 0 Å². The van der Waals surface area contributed by atoms with Gasteiger partial charge in [0.15, 0.2) is 0 Å². The third-order valence-corrected chi connectivity index (χ3v) is 3.33. The Bertz CT molecular complexity index is 311. The van der Waals surface area contributed by atoms with Crippen molar-refractivity contribution in [3.8, 4) is 0 Å². The Labute approximate surface area is 109 Å². The van der Waals surface area contributed by atoms with Crippen LogP contribution in [-0.2, 0) is 14.4 Å². The number of carboxylic acid groups (broad SMARTS) is 2. The molecule has 0 aromatic rings. The predicted molar refractivity (Wildman–Crippen MR) is 67.4 cm³/mol. The van der Waals surface area contributed by atoms with Crippen molar-refractivity contribution in [3.63, 3.8) is 0 Å². The number of rotatable bonds is 9. The van der Waals surface area contributed by atoms with Crippen LogP contribution in [-0.4, -0.2) is 51.6 Å². The van der Waals surface area contributed by atoms with E-state index in [1.165, 1.54) is 0 Å². The summed E-state index contributed by atoms with van der Waals surface area (Å²) in [5.74, 6) is -2.75. The first-order chi connectivity index (χ1) is 8.38. The average molecular weight is 278 g/mol. The van der Waals surface area contributed by atoms with E-state index >= 15 is 0 Å². The fourth-order valence-corrected chi connectivity index (χ4v) is 2.01. The normalized spacial score (nSPS) is 13.7. The Hall–Kier alpha value is -1.28. The minimum atomic E-state index is -1.19. The zero-order valence-electron chi connectivity index (χ0n) is 10.1. The lowest BCUT2D eigenvalue weighted by atomic mass is 10.3. The van der Waals surface area contributed by atoms with Crippen molar-refractivity contribution in [2.75, 3.05) is 12.3 Å². The van der Waals surface area contributed by atoms with Crippen LogP contribution in [0.4, 0.5) is 0 Å². The molecule has 8 heteroatoms. The average Bonchev–Trinajstić information content (AvgIpc) is 2.30. The zero-order valence-corrected chi connectivity index (χ0v) is 10.9. The van der Waals surface area contributed by atoms with E-state index in [9.17, 15) is 14.4 Å². The van der Waals surface area contributed by atoms with Gasteiger partial charge in [0.2, 0.25) is 5.91 Å². The number of carboxylic acids is 2. The van der Waals surface area contributed by atoms with Crippen LogP contribution in [0.3, 0.4) is 0 Å². The van der Waals surface area contributed by atoms with Gasteiger partial charge < -0.3 is 21.3 Å².